The number of rotatable bonds is 9. The minimum Gasteiger partial charge on any atom is -0.493 e. The number of ether oxygens (including phenoxy) is 2. The molecule has 6 nitrogen and oxygen atoms in total. The van der Waals surface area contributed by atoms with E-state index in [0.717, 1.165) is 0 Å². The van der Waals surface area contributed by atoms with Crippen molar-refractivity contribution >= 4 is 17.7 Å². The predicted molar refractivity (Wildman–Crippen MR) is 116 cm³/mol. The zero-order chi connectivity index (χ0) is 22.1. The standard InChI is InChI=1S/C25H23NO5/c1-2-30-21-16-10-9-15-20(21)25(29)26-17-22(27)31-24(19-13-7-4-8-14-19)23(28)18-11-5-3-6-12-18/h3-16,24H,2,17H2,1H3,(H,26,29). The highest BCUT2D eigenvalue weighted by Gasteiger charge is 2.26. The van der Waals surface area contributed by atoms with Crippen LogP contribution in [0, 0.1) is 0 Å². The van der Waals surface area contributed by atoms with E-state index in [1.54, 1.807) is 78.9 Å². The van der Waals surface area contributed by atoms with Crippen LogP contribution < -0.4 is 10.1 Å². The molecule has 0 radical (unpaired) electrons. The van der Waals surface area contributed by atoms with Crippen LogP contribution in [0.1, 0.15) is 39.3 Å². The summed E-state index contributed by atoms with van der Waals surface area (Å²) >= 11 is 0. The molecule has 0 aliphatic carbocycles. The molecule has 0 aromatic heterocycles. The van der Waals surface area contributed by atoms with Crippen LogP contribution in [-0.4, -0.2) is 30.8 Å². The van der Waals surface area contributed by atoms with Gasteiger partial charge in [0, 0.05) is 11.1 Å². The van der Waals surface area contributed by atoms with Crippen molar-refractivity contribution in [1.29, 1.82) is 0 Å². The van der Waals surface area contributed by atoms with Gasteiger partial charge in [-0.05, 0) is 19.1 Å². The number of amides is 1. The minimum absolute atomic E-state index is 0.317. The Kier molecular flexibility index (Phi) is 7.54. The maximum absolute atomic E-state index is 13.0. The zero-order valence-corrected chi connectivity index (χ0v) is 17.1. The molecule has 3 aromatic rings. The van der Waals surface area contributed by atoms with Crippen molar-refractivity contribution in [2.24, 2.45) is 0 Å². The van der Waals surface area contributed by atoms with Crippen molar-refractivity contribution in [2.45, 2.75) is 13.0 Å². The molecule has 0 spiro atoms. The lowest BCUT2D eigenvalue weighted by Gasteiger charge is -2.18. The molecule has 3 rings (SSSR count). The van der Waals surface area contributed by atoms with E-state index in [0.29, 0.717) is 29.0 Å². The summed E-state index contributed by atoms with van der Waals surface area (Å²) in [4.78, 5) is 38.0. The molecule has 1 amide bonds. The quantitative estimate of drug-likeness (QED) is 0.421. The van der Waals surface area contributed by atoms with Gasteiger partial charge in [-0.15, -0.1) is 0 Å². The number of nitrogens with one attached hydrogen (secondary N) is 1. The summed E-state index contributed by atoms with van der Waals surface area (Å²) in [5.74, 6) is -1.10. The molecule has 0 bridgehead atoms. The third kappa shape index (κ3) is 5.79. The first-order valence-corrected chi connectivity index (χ1v) is 9.94. The van der Waals surface area contributed by atoms with Gasteiger partial charge in [0.05, 0.1) is 12.2 Å². The lowest BCUT2D eigenvalue weighted by molar-refractivity contribution is -0.146. The third-order valence-electron chi connectivity index (χ3n) is 4.47. The van der Waals surface area contributed by atoms with Gasteiger partial charge in [-0.1, -0.05) is 72.8 Å². The second kappa shape index (κ2) is 10.7. The molecule has 1 unspecified atom stereocenters. The van der Waals surface area contributed by atoms with Gasteiger partial charge < -0.3 is 14.8 Å². The smallest absolute Gasteiger partial charge is 0.326 e. The Morgan fingerprint density at radius 2 is 1.45 bits per heavy atom. The third-order valence-corrected chi connectivity index (χ3v) is 4.47. The number of esters is 1. The summed E-state index contributed by atoms with van der Waals surface area (Å²) in [6.45, 7) is 1.84. The SMILES string of the molecule is CCOc1ccccc1C(=O)NCC(=O)OC(C(=O)c1ccccc1)c1ccccc1. The van der Waals surface area contributed by atoms with E-state index in [4.69, 9.17) is 9.47 Å². The van der Waals surface area contributed by atoms with E-state index >= 15 is 0 Å². The highest BCUT2D eigenvalue weighted by molar-refractivity contribution is 6.01. The number of Topliss-reactive ketones (excluding diaryl/α,β-unsaturated/α-hetero) is 1. The van der Waals surface area contributed by atoms with Crippen molar-refractivity contribution in [3.05, 3.63) is 102 Å². The molecule has 0 saturated heterocycles. The normalized spacial score (nSPS) is 11.3. The molecule has 6 heteroatoms. The number of para-hydroxylation sites is 1. The summed E-state index contributed by atoms with van der Waals surface area (Å²) in [5, 5.41) is 2.53. The fourth-order valence-corrected chi connectivity index (χ4v) is 3.01. The van der Waals surface area contributed by atoms with Gasteiger partial charge >= 0.3 is 5.97 Å². The largest absolute Gasteiger partial charge is 0.493 e. The number of benzene rings is 3. The van der Waals surface area contributed by atoms with E-state index in [9.17, 15) is 14.4 Å². The zero-order valence-electron chi connectivity index (χ0n) is 17.1. The summed E-state index contributed by atoms with van der Waals surface area (Å²) < 4.78 is 10.9. The topological polar surface area (TPSA) is 81.7 Å². The van der Waals surface area contributed by atoms with Gasteiger partial charge in [-0.3, -0.25) is 14.4 Å². The Hall–Kier alpha value is -3.93. The fourth-order valence-electron chi connectivity index (χ4n) is 3.01. The summed E-state index contributed by atoms with van der Waals surface area (Å²) in [6, 6.07) is 24.2. The van der Waals surface area contributed by atoms with E-state index < -0.39 is 18.0 Å². The maximum atomic E-state index is 13.0. The Balaban J connectivity index is 1.70. The van der Waals surface area contributed by atoms with Crippen LogP contribution in [0.15, 0.2) is 84.9 Å². The van der Waals surface area contributed by atoms with Crippen LogP contribution in [0.2, 0.25) is 0 Å². The van der Waals surface area contributed by atoms with Crippen molar-refractivity contribution < 1.29 is 23.9 Å². The van der Waals surface area contributed by atoms with Crippen molar-refractivity contribution in [3.63, 3.8) is 0 Å². The van der Waals surface area contributed by atoms with Gasteiger partial charge in [-0.25, -0.2) is 0 Å². The van der Waals surface area contributed by atoms with Crippen LogP contribution in [0.5, 0.6) is 5.75 Å². The summed E-state index contributed by atoms with van der Waals surface area (Å²) in [6.07, 6.45) is -1.11. The molecular weight excluding hydrogens is 394 g/mol. The Morgan fingerprint density at radius 1 is 0.839 bits per heavy atom. The first kappa shape index (κ1) is 21.8. The fraction of sp³-hybridized carbons (Fsp3) is 0.160. The average molecular weight is 417 g/mol. The first-order valence-electron chi connectivity index (χ1n) is 9.94. The molecule has 1 N–H and O–H groups in total. The second-order valence-corrected chi connectivity index (χ2v) is 6.62. The Labute approximate surface area is 180 Å². The van der Waals surface area contributed by atoms with Gasteiger partial charge in [-0.2, -0.15) is 0 Å². The number of hydrogen-bond acceptors (Lipinski definition) is 5. The van der Waals surface area contributed by atoms with Crippen molar-refractivity contribution in [1.82, 2.24) is 5.32 Å². The minimum atomic E-state index is -1.11. The highest BCUT2D eigenvalue weighted by atomic mass is 16.5. The molecular formula is C25H23NO5. The van der Waals surface area contributed by atoms with Gasteiger partial charge in [0.15, 0.2) is 6.10 Å². The lowest BCUT2D eigenvalue weighted by Crippen LogP contribution is -2.32. The van der Waals surface area contributed by atoms with Crippen LogP contribution in [-0.2, 0) is 9.53 Å². The maximum Gasteiger partial charge on any atom is 0.326 e. The second-order valence-electron chi connectivity index (χ2n) is 6.62. The Morgan fingerprint density at radius 3 is 2.13 bits per heavy atom. The van der Waals surface area contributed by atoms with Gasteiger partial charge in [0.1, 0.15) is 12.3 Å². The van der Waals surface area contributed by atoms with Gasteiger partial charge in [0.2, 0.25) is 5.78 Å². The summed E-state index contributed by atoms with van der Waals surface area (Å²) in [7, 11) is 0. The van der Waals surface area contributed by atoms with E-state index in [1.807, 2.05) is 13.0 Å². The van der Waals surface area contributed by atoms with Gasteiger partial charge in [0.25, 0.3) is 5.91 Å². The van der Waals surface area contributed by atoms with E-state index in [-0.39, 0.29) is 12.3 Å². The number of carbonyl (C=O) groups excluding carboxylic acids is 3. The molecule has 1 atom stereocenters. The monoisotopic (exact) mass is 417 g/mol. The lowest BCUT2D eigenvalue weighted by atomic mass is 10.00. The number of carbonyl (C=O) groups is 3. The molecule has 0 fully saturated rings. The van der Waals surface area contributed by atoms with E-state index in [1.165, 1.54) is 0 Å². The molecule has 31 heavy (non-hydrogen) atoms. The summed E-state index contributed by atoms with van der Waals surface area (Å²) in [5.41, 5.74) is 1.30. The van der Waals surface area contributed by atoms with E-state index in [2.05, 4.69) is 5.32 Å². The molecule has 0 aliphatic rings. The van der Waals surface area contributed by atoms with Crippen LogP contribution in [0.4, 0.5) is 0 Å². The Bertz CT molecular complexity index is 1030. The average Bonchev–Trinajstić information content (AvgIpc) is 2.82. The molecule has 3 aromatic carbocycles. The molecule has 0 aliphatic heterocycles. The predicted octanol–water partition coefficient (Wildman–Crippen LogP) is 3.98. The van der Waals surface area contributed by atoms with Crippen LogP contribution in [0.3, 0.4) is 0 Å². The van der Waals surface area contributed by atoms with Crippen LogP contribution >= 0.6 is 0 Å². The molecule has 0 heterocycles. The molecule has 0 saturated carbocycles. The number of ketones is 1. The first-order chi connectivity index (χ1) is 15.1. The number of hydrogen-bond donors (Lipinski definition) is 1. The molecule has 158 valence electrons. The van der Waals surface area contributed by atoms with Crippen molar-refractivity contribution in [3.8, 4) is 5.75 Å². The van der Waals surface area contributed by atoms with Crippen LogP contribution in [0.25, 0.3) is 0 Å². The highest BCUT2D eigenvalue weighted by Crippen LogP contribution is 2.23. The van der Waals surface area contributed by atoms with Crippen molar-refractivity contribution in [2.75, 3.05) is 13.2 Å².